The first-order valence-corrected chi connectivity index (χ1v) is 11.5. The third kappa shape index (κ3) is 7.02. The van der Waals surface area contributed by atoms with Gasteiger partial charge in [-0.15, -0.1) is 0 Å². The molecule has 1 heterocycles. The van der Waals surface area contributed by atoms with Gasteiger partial charge in [-0.25, -0.2) is 0 Å². The summed E-state index contributed by atoms with van der Waals surface area (Å²) < 4.78 is 5.35. The van der Waals surface area contributed by atoms with E-state index in [0.717, 1.165) is 17.7 Å². The van der Waals surface area contributed by atoms with Crippen molar-refractivity contribution >= 4 is 17.6 Å². The Morgan fingerprint density at radius 1 is 1.28 bits per heavy atom. The fourth-order valence-electron chi connectivity index (χ4n) is 4.71. The van der Waals surface area contributed by atoms with Gasteiger partial charge in [-0.3, -0.25) is 9.59 Å². The highest BCUT2D eigenvalue weighted by molar-refractivity contribution is 5.95. The van der Waals surface area contributed by atoms with E-state index >= 15 is 0 Å². The maximum Gasteiger partial charge on any atom is 0.306 e. The number of carbonyl (C=O) groups is 2. The first kappa shape index (κ1) is 26.3. The van der Waals surface area contributed by atoms with Crippen molar-refractivity contribution in [3.63, 3.8) is 0 Å². The molecule has 0 saturated carbocycles. The lowest BCUT2D eigenvalue weighted by Crippen LogP contribution is -2.45. The van der Waals surface area contributed by atoms with Crippen LogP contribution in [0.15, 0.2) is 24.3 Å². The summed E-state index contributed by atoms with van der Waals surface area (Å²) in [6.07, 6.45) is 0.760. The zero-order chi connectivity index (χ0) is 24.1. The average Bonchev–Trinajstić information content (AvgIpc) is 2.70. The molecule has 180 valence electrons. The van der Waals surface area contributed by atoms with Gasteiger partial charge in [-0.05, 0) is 42.2 Å². The van der Waals surface area contributed by atoms with Gasteiger partial charge in [0.2, 0.25) is 5.91 Å². The van der Waals surface area contributed by atoms with E-state index < -0.39 is 29.4 Å². The van der Waals surface area contributed by atoms with Gasteiger partial charge in [0, 0.05) is 37.7 Å². The van der Waals surface area contributed by atoms with Crippen LogP contribution in [0.3, 0.4) is 0 Å². The Labute approximate surface area is 191 Å². The molecule has 1 aromatic rings. The van der Waals surface area contributed by atoms with Crippen LogP contribution in [0.25, 0.3) is 0 Å². The number of methoxy groups -OCH3 is 1. The molecule has 0 aromatic heterocycles. The van der Waals surface area contributed by atoms with Crippen molar-refractivity contribution in [1.82, 2.24) is 0 Å². The summed E-state index contributed by atoms with van der Waals surface area (Å²) in [6.45, 7) is 8.80. The number of rotatable bonds is 11. The van der Waals surface area contributed by atoms with E-state index in [1.165, 1.54) is 0 Å². The number of benzene rings is 1. The fourth-order valence-corrected chi connectivity index (χ4v) is 4.71. The van der Waals surface area contributed by atoms with Crippen LogP contribution in [0, 0.1) is 23.2 Å². The van der Waals surface area contributed by atoms with Gasteiger partial charge >= 0.3 is 5.97 Å². The second kappa shape index (κ2) is 11.3. The summed E-state index contributed by atoms with van der Waals surface area (Å²) in [5, 5.41) is 20.0. The SMILES string of the molecule is COC[C@H]1Cc2ccccc2N(C(=O)CC(C)(C)CC(N)C(O)CC(C(=O)O)C(C)C)C1. The monoisotopic (exact) mass is 448 g/mol. The van der Waals surface area contributed by atoms with E-state index in [1.54, 1.807) is 7.11 Å². The summed E-state index contributed by atoms with van der Waals surface area (Å²) in [5.74, 6) is -1.40. The van der Waals surface area contributed by atoms with Crippen LogP contribution in [0.5, 0.6) is 0 Å². The quantitative estimate of drug-likeness (QED) is 0.479. The lowest BCUT2D eigenvalue weighted by atomic mass is 9.78. The maximum absolute atomic E-state index is 13.3. The molecule has 2 rings (SSSR count). The molecular weight excluding hydrogens is 408 g/mol. The number of aliphatic hydroxyl groups excluding tert-OH is 1. The molecular formula is C25H40N2O5. The van der Waals surface area contributed by atoms with Crippen LogP contribution in [0.4, 0.5) is 5.69 Å². The first-order valence-electron chi connectivity index (χ1n) is 11.5. The Bertz CT molecular complexity index is 779. The summed E-state index contributed by atoms with van der Waals surface area (Å²) in [5.41, 5.74) is 7.91. The lowest BCUT2D eigenvalue weighted by molar-refractivity contribution is -0.144. The first-order chi connectivity index (χ1) is 14.9. The van der Waals surface area contributed by atoms with Crippen LogP contribution >= 0.6 is 0 Å². The molecule has 3 unspecified atom stereocenters. The molecule has 1 aromatic carbocycles. The minimum Gasteiger partial charge on any atom is -0.481 e. The zero-order valence-corrected chi connectivity index (χ0v) is 20.1. The van der Waals surface area contributed by atoms with Crippen molar-refractivity contribution in [1.29, 1.82) is 0 Å². The number of ether oxygens (including phenoxy) is 1. The van der Waals surface area contributed by atoms with Crippen LogP contribution in [0.1, 0.15) is 52.5 Å². The van der Waals surface area contributed by atoms with Gasteiger partial charge < -0.3 is 25.6 Å². The van der Waals surface area contributed by atoms with Crippen molar-refractivity contribution in [2.75, 3.05) is 25.2 Å². The van der Waals surface area contributed by atoms with E-state index in [9.17, 15) is 19.8 Å². The molecule has 0 spiro atoms. The largest absolute Gasteiger partial charge is 0.481 e. The van der Waals surface area contributed by atoms with Crippen molar-refractivity contribution < 1.29 is 24.5 Å². The van der Waals surface area contributed by atoms with Crippen LogP contribution in [-0.4, -0.2) is 54.5 Å². The Kier molecular flexibility index (Phi) is 9.25. The number of aliphatic hydroxyl groups is 1. The highest BCUT2D eigenvalue weighted by Crippen LogP contribution is 2.34. The van der Waals surface area contributed by atoms with Gasteiger partial charge in [-0.2, -0.15) is 0 Å². The summed E-state index contributed by atoms with van der Waals surface area (Å²) in [7, 11) is 1.68. The number of nitrogens with two attached hydrogens (primary N) is 1. The molecule has 0 fully saturated rings. The average molecular weight is 449 g/mol. The van der Waals surface area contributed by atoms with Gasteiger partial charge in [0.05, 0.1) is 18.6 Å². The summed E-state index contributed by atoms with van der Waals surface area (Å²) >= 11 is 0. The topological polar surface area (TPSA) is 113 Å². The normalized spacial score (nSPS) is 19.4. The van der Waals surface area contributed by atoms with Crippen molar-refractivity contribution in [2.45, 2.75) is 65.5 Å². The van der Waals surface area contributed by atoms with Crippen LogP contribution in [0.2, 0.25) is 0 Å². The predicted octanol–water partition coefficient (Wildman–Crippen LogP) is 3.08. The molecule has 7 nitrogen and oxygen atoms in total. The zero-order valence-electron chi connectivity index (χ0n) is 20.1. The highest BCUT2D eigenvalue weighted by atomic mass is 16.5. The second-order valence-corrected chi connectivity index (χ2v) is 10.4. The van der Waals surface area contributed by atoms with Gasteiger partial charge in [-0.1, -0.05) is 45.9 Å². The number of nitrogens with zero attached hydrogens (tertiary/aromatic N) is 1. The van der Waals surface area contributed by atoms with E-state index in [4.69, 9.17) is 10.5 Å². The standard InChI is InChI=1S/C25H40N2O5/c1-16(2)19(24(30)31)11-22(28)20(26)12-25(3,4)13-23(29)27-14-17(15-32-5)10-18-8-6-7-9-21(18)27/h6-9,16-17,19-20,22,28H,10-15,26H2,1-5H3,(H,30,31)/t17-,19?,20?,22?/m0/s1. The Hall–Kier alpha value is -1.96. The number of anilines is 1. The molecule has 1 aliphatic heterocycles. The molecule has 4 atom stereocenters. The molecule has 0 saturated heterocycles. The van der Waals surface area contributed by atoms with Crippen LogP contribution in [-0.2, 0) is 20.7 Å². The molecule has 0 radical (unpaired) electrons. The number of carbonyl (C=O) groups excluding carboxylic acids is 1. The lowest BCUT2D eigenvalue weighted by Gasteiger charge is -2.37. The van der Waals surface area contributed by atoms with Gasteiger partial charge in [0.15, 0.2) is 0 Å². The minimum atomic E-state index is -0.935. The highest BCUT2D eigenvalue weighted by Gasteiger charge is 2.35. The number of hydrogen-bond donors (Lipinski definition) is 3. The summed E-state index contributed by atoms with van der Waals surface area (Å²) in [6, 6.07) is 7.37. The summed E-state index contributed by atoms with van der Waals surface area (Å²) in [4.78, 5) is 26.7. The smallest absolute Gasteiger partial charge is 0.306 e. The number of carboxylic acids is 1. The van der Waals surface area contributed by atoms with Gasteiger partial charge in [0.1, 0.15) is 0 Å². The van der Waals surface area contributed by atoms with Gasteiger partial charge in [0.25, 0.3) is 0 Å². The molecule has 0 aliphatic carbocycles. The minimum absolute atomic E-state index is 0.0236. The second-order valence-electron chi connectivity index (χ2n) is 10.4. The van der Waals surface area contributed by atoms with Crippen molar-refractivity contribution in [2.24, 2.45) is 28.9 Å². The third-order valence-electron chi connectivity index (χ3n) is 6.46. The number of carboxylic acid groups (broad SMARTS) is 1. The Balaban J connectivity index is 2.05. The van der Waals surface area contributed by atoms with E-state index in [-0.39, 0.29) is 30.6 Å². The Morgan fingerprint density at radius 3 is 2.53 bits per heavy atom. The number of aliphatic carboxylic acids is 1. The van der Waals surface area contributed by atoms with Crippen LogP contribution < -0.4 is 10.6 Å². The van der Waals surface area contributed by atoms with E-state index in [0.29, 0.717) is 19.6 Å². The number of fused-ring (bicyclic) bond motifs is 1. The molecule has 32 heavy (non-hydrogen) atoms. The molecule has 7 heteroatoms. The fraction of sp³-hybridized carbons (Fsp3) is 0.680. The molecule has 1 aliphatic rings. The third-order valence-corrected chi connectivity index (χ3v) is 6.46. The Morgan fingerprint density at radius 2 is 1.94 bits per heavy atom. The molecule has 4 N–H and O–H groups in total. The molecule has 0 bridgehead atoms. The maximum atomic E-state index is 13.3. The van der Waals surface area contributed by atoms with Crippen molar-refractivity contribution in [3.05, 3.63) is 29.8 Å². The number of amides is 1. The number of para-hydroxylation sites is 1. The van der Waals surface area contributed by atoms with Crippen molar-refractivity contribution in [3.8, 4) is 0 Å². The predicted molar refractivity (Wildman–Crippen MR) is 125 cm³/mol. The van der Waals surface area contributed by atoms with E-state index in [1.807, 2.05) is 50.8 Å². The van der Waals surface area contributed by atoms with E-state index in [2.05, 4.69) is 6.07 Å². The number of hydrogen-bond acceptors (Lipinski definition) is 5. The molecule has 1 amide bonds.